The molecule has 0 bridgehead atoms. The highest BCUT2D eigenvalue weighted by Crippen LogP contribution is 2.36. The fourth-order valence-corrected chi connectivity index (χ4v) is 2.63. The second-order valence-corrected chi connectivity index (χ2v) is 6.21. The molecule has 10 heteroatoms. The van der Waals surface area contributed by atoms with Gasteiger partial charge in [-0.2, -0.15) is 17.7 Å². The second-order valence-electron chi connectivity index (χ2n) is 6.21. The minimum Gasteiger partial charge on any atom is -0.398 e. The molecule has 6 N–H and O–H groups in total. The molecule has 7 nitrogen and oxygen atoms in total. The lowest BCUT2D eigenvalue weighted by Crippen LogP contribution is -2.10. The summed E-state index contributed by atoms with van der Waals surface area (Å²) in [4.78, 5) is 4.23. The van der Waals surface area contributed by atoms with Crippen molar-refractivity contribution in [2.75, 3.05) is 22.1 Å². The number of nitrogens with one attached hydrogen (secondary N) is 2. The summed E-state index contributed by atoms with van der Waals surface area (Å²) in [6.07, 6.45) is -0.942. The van der Waals surface area contributed by atoms with Crippen LogP contribution in [0.1, 0.15) is 18.4 Å². The van der Waals surface area contributed by atoms with Crippen molar-refractivity contribution < 1.29 is 13.2 Å². The maximum atomic E-state index is 13.0. The number of rotatable bonds is 4. The molecule has 0 atom stereocenters. The molecule has 0 spiro atoms. The van der Waals surface area contributed by atoms with Gasteiger partial charge in [-0.3, -0.25) is 0 Å². The Hall–Kier alpha value is -3.17. The Morgan fingerprint density at radius 3 is 2.62 bits per heavy atom. The van der Waals surface area contributed by atoms with Crippen molar-refractivity contribution in [1.29, 1.82) is 0 Å². The maximum absolute atomic E-state index is 13.0. The highest BCUT2D eigenvalue weighted by Gasteiger charge is 2.33. The summed E-state index contributed by atoms with van der Waals surface area (Å²) in [6.45, 7) is 0. The van der Waals surface area contributed by atoms with E-state index in [0.717, 1.165) is 18.9 Å². The normalized spacial score (nSPS) is 14.6. The Bertz CT molecular complexity index is 976. The summed E-state index contributed by atoms with van der Waals surface area (Å²) in [5.74, 6) is 0.666. The van der Waals surface area contributed by atoms with Crippen molar-refractivity contribution in [2.45, 2.75) is 25.1 Å². The second kappa shape index (κ2) is 5.68. The average Bonchev–Trinajstić information content (AvgIpc) is 3.30. The van der Waals surface area contributed by atoms with E-state index in [1.54, 1.807) is 6.07 Å². The molecule has 1 fully saturated rings. The van der Waals surface area contributed by atoms with Crippen molar-refractivity contribution in [3.8, 4) is 0 Å². The van der Waals surface area contributed by atoms with Crippen LogP contribution < -0.4 is 22.1 Å². The van der Waals surface area contributed by atoms with Gasteiger partial charge < -0.3 is 22.1 Å². The average molecular weight is 363 g/mol. The molecule has 136 valence electrons. The molecule has 4 rings (SSSR count). The molecule has 0 saturated heterocycles. The van der Waals surface area contributed by atoms with Gasteiger partial charge in [-0.15, -0.1) is 5.10 Å². The van der Waals surface area contributed by atoms with Crippen LogP contribution in [-0.4, -0.2) is 20.6 Å². The van der Waals surface area contributed by atoms with Gasteiger partial charge in [0.25, 0.3) is 0 Å². The Balaban J connectivity index is 1.72. The van der Waals surface area contributed by atoms with Crippen molar-refractivity contribution in [3.05, 3.63) is 36.0 Å². The van der Waals surface area contributed by atoms with Crippen molar-refractivity contribution >= 4 is 34.3 Å². The van der Waals surface area contributed by atoms with Crippen LogP contribution in [0.2, 0.25) is 0 Å². The zero-order valence-electron chi connectivity index (χ0n) is 13.5. The van der Waals surface area contributed by atoms with Gasteiger partial charge in [0.15, 0.2) is 11.5 Å². The van der Waals surface area contributed by atoms with E-state index in [2.05, 4.69) is 20.7 Å². The topological polar surface area (TPSA) is 106 Å². The molecular weight excluding hydrogens is 347 g/mol. The van der Waals surface area contributed by atoms with E-state index in [9.17, 15) is 13.2 Å². The lowest BCUT2D eigenvalue weighted by molar-refractivity contribution is -0.136. The Labute approximate surface area is 146 Å². The standard InChI is InChI=1S/C16H16F3N7/c17-16(18,19)10-5-9(3-4-11(10)20)24-14-6-12(23-8-1-2-8)15-22-7-13(21)26(15)25-14/h3-8,23H,1-2,20-21H2,(H,24,25). The zero-order valence-corrected chi connectivity index (χ0v) is 13.5. The number of hydrogen-bond acceptors (Lipinski definition) is 6. The van der Waals surface area contributed by atoms with Crippen LogP contribution in [0.15, 0.2) is 30.5 Å². The van der Waals surface area contributed by atoms with Gasteiger partial charge in [0.2, 0.25) is 0 Å². The molecular formula is C16H16F3N7. The molecule has 1 saturated carbocycles. The van der Waals surface area contributed by atoms with Crippen molar-refractivity contribution in [1.82, 2.24) is 14.6 Å². The number of anilines is 5. The third kappa shape index (κ3) is 3.05. The van der Waals surface area contributed by atoms with Crippen LogP contribution in [0.4, 0.5) is 41.9 Å². The van der Waals surface area contributed by atoms with Gasteiger partial charge in [-0.05, 0) is 31.0 Å². The van der Waals surface area contributed by atoms with Crippen molar-refractivity contribution in [2.24, 2.45) is 0 Å². The number of alkyl halides is 3. The number of halogens is 3. The first-order chi connectivity index (χ1) is 12.3. The molecule has 2 heterocycles. The molecule has 1 aliphatic rings. The zero-order chi connectivity index (χ0) is 18.5. The van der Waals surface area contributed by atoms with Crippen LogP contribution in [0.5, 0.6) is 0 Å². The first kappa shape index (κ1) is 16.3. The molecule has 0 unspecified atom stereocenters. The molecule has 1 aromatic carbocycles. The number of benzene rings is 1. The van der Waals surface area contributed by atoms with E-state index >= 15 is 0 Å². The molecule has 1 aliphatic carbocycles. The van der Waals surface area contributed by atoms with Gasteiger partial charge in [-0.1, -0.05) is 0 Å². The number of nitrogens with zero attached hydrogens (tertiary/aromatic N) is 3. The smallest absolute Gasteiger partial charge is 0.398 e. The SMILES string of the molecule is Nc1ccc(Nc2cc(NC3CC3)c3ncc(N)n3n2)cc1C(F)(F)F. The number of aromatic nitrogens is 3. The van der Waals surface area contributed by atoms with Crippen LogP contribution in [0, 0.1) is 0 Å². The lowest BCUT2D eigenvalue weighted by atomic mass is 10.1. The monoisotopic (exact) mass is 363 g/mol. The number of fused-ring (bicyclic) bond motifs is 1. The minimum absolute atomic E-state index is 0.217. The van der Waals surface area contributed by atoms with Gasteiger partial charge >= 0.3 is 6.18 Å². The first-order valence-corrected chi connectivity index (χ1v) is 7.96. The fourth-order valence-electron chi connectivity index (χ4n) is 2.63. The molecule has 0 radical (unpaired) electrons. The molecule has 26 heavy (non-hydrogen) atoms. The van der Waals surface area contributed by atoms with E-state index in [-0.39, 0.29) is 11.4 Å². The Kier molecular flexibility index (Phi) is 3.56. The Morgan fingerprint density at radius 2 is 1.92 bits per heavy atom. The van der Waals surface area contributed by atoms with Crippen molar-refractivity contribution in [3.63, 3.8) is 0 Å². The van der Waals surface area contributed by atoms with E-state index < -0.39 is 11.7 Å². The predicted octanol–water partition coefficient (Wildman–Crippen LogP) is 3.23. The summed E-state index contributed by atoms with van der Waals surface area (Å²) in [5.41, 5.74) is 11.6. The van der Waals surface area contributed by atoms with E-state index in [1.165, 1.54) is 22.8 Å². The molecule has 0 amide bonds. The van der Waals surface area contributed by atoms with Gasteiger partial charge in [0.05, 0.1) is 17.4 Å². The lowest BCUT2D eigenvalue weighted by Gasteiger charge is -2.14. The fraction of sp³-hybridized carbons (Fsp3) is 0.250. The van der Waals surface area contributed by atoms with E-state index in [0.29, 0.717) is 29.0 Å². The molecule has 0 aliphatic heterocycles. The summed E-state index contributed by atoms with van der Waals surface area (Å²) in [6, 6.07) is 5.68. The third-order valence-electron chi connectivity index (χ3n) is 4.06. The summed E-state index contributed by atoms with van der Waals surface area (Å²) in [5, 5.41) is 10.5. The van der Waals surface area contributed by atoms with Crippen LogP contribution in [0.25, 0.3) is 5.65 Å². The largest absolute Gasteiger partial charge is 0.418 e. The first-order valence-electron chi connectivity index (χ1n) is 7.96. The van der Waals surface area contributed by atoms with E-state index in [1.807, 2.05) is 0 Å². The Morgan fingerprint density at radius 1 is 1.15 bits per heavy atom. The quantitative estimate of drug-likeness (QED) is 0.530. The molecule has 2 aromatic heterocycles. The number of hydrogen-bond donors (Lipinski definition) is 4. The highest BCUT2D eigenvalue weighted by atomic mass is 19.4. The molecule has 3 aromatic rings. The highest BCUT2D eigenvalue weighted by molar-refractivity contribution is 5.74. The van der Waals surface area contributed by atoms with Gasteiger partial charge in [-0.25, -0.2) is 4.98 Å². The summed E-state index contributed by atoms with van der Waals surface area (Å²) >= 11 is 0. The van der Waals surface area contributed by atoms with Gasteiger partial charge in [0.1, 0.15) is 5.82 Å². The van der Waals surface area contributed by atoms with Crippen LogP contribution in [0.3, 0.4) is 0 Å². The number of imidazole rings is 1. The number of nitrogens with two attached hydrogens (primary N) is 2. The minimum atomic E-state index is -4.54. The maximum Gasteiger partial charge on any atom is 0.418 e. The van der Waals surface area contributed by atoms with Gasteiger partial charge in [0, 0.05) is 23.5 Å². The number of nitrogen functional groups attached to an aromatic ring is 2. The summed E-state index contributed by atoms with van der Waals surface area (Å²) in [7, 11) is 0. The third-order valence-corrected chi connectivity index (χ3v) is 4.06. The van der Waals surface area contributed by atoms with E-state index in [4.69, 9.17) is 11.5 Å². The summed E-state index contributed by atoms with van der Waals surface area (Å²) < 4.78 is 40.6. The van der Waals surface area contributed by atoms with Crippen LogP contribution >= 0.6 is 0 Å². The predicted molar refractivity (Wildman–Crippen MR) is 93.2 cm³/mol. The van der Waals surface area contributed by atoms with Crippen LogP contribution in [-0.2, 0) is 6.18 Å².